The molecule has 3 aromatic carbocycles. The fraction of sp³-hybridized carbons (Fsp3) is 0.324. The number of ether oxygens (including phenoxy) is 1. The van der Waals surface area contributed by atoms with Crippen molar-refractivity contribution in [2.45, 2.75) is 32.8 Å². The van der Waals surface area contributed by atoms with Crippen LogP contribution in [0.15, 0.2) is 79.4 Å². The minimum Gasteiger partial charge on any atom is -0.444 e. The van der Waals surface area contributed by atoms with Crippen molar-refractivity contribution in [3.8, 4) is 11.8 Å². The van der Waals surface area contributed by atoms with Gasteiger partial charge in [-0.2, -0.15) is 0 Å². The van der Waals surface area contributed by atoms with Gasteiger partial charge in [0.1, 0.15) is 29.9 Å². The molecule has 2 N–H and O–H groups in total. The predicted molar refractivity (Wildman–Crippen MR) is 186 cm³/mol. The standard InChI is InChI=1S/C37H40N8O2/c1-37(2,3)47-36(46)45-21-19-44(20-22-45)18-17-39-35-31-14-12-29(24-33(31)41-26-43-35)10-9-28-11-13-30-32(23-28)40-25-42-34(30)38-16-15-27-7-5-4-6-8-27/h4-8,11-14,23-26H,15-22H2,1-3H3,(H,38,40,42)(H,39,41,43). The van der Waals surface area contributed by atoms with Crippen molar-refractivity contribution < 1.29 is 9.53 Å². The van der Waals surface area contributed by atoms with Gasteiger partial charge < -0.3 is 20.3 Å². The first-order valence-corrected chi connectivity index (χ1v) is 16.0. The highest BCUT2D eigenvalue weighted by Gasteiger charge is 2.25. The Hall–Kier alpha value is -5.27. The Bertz CT molecular complexity index is 1910. The molecular formula is C37H40N8O2. The molecular weight excluding hydrogens is 588 g/mol. The van der Waals surface area contributed by atoms with Crippen LogP contribution in [0.25, 0.3) is 21.8 Å². The highest BCUT2D eigenvalue weighted by Crippen LogP contribution is 2.22. The van der Waals surface area contributed by atoms with E-state index in [2.05, 4.69) is 71.6 Å². The molecule has 0 aliphatic carbocycles. The topological polar surface area (TPSA) is 108 Å². The Balaban J connectivity index is 1.04. The third-order valence-electron chi connectivity index (χ3n) is 7.92. The highest BCUT2D eigenvalue weighted by molar-refractivity contribution is 5.90. The van der Waals surface area contributed by atoms with Crippen LogP contribution in [0.3, 0.4) is 0 Å². The summed E-state index contributed by atoms with van der Waals surface area (Å²) in [6, 6.07) is 22.4. The fourth-order valence-corrected chi connectivity index (χ4v) is 5.48. The first-order valence-electron chi connectivity index (χ1n) is 16.0. The number of benzene rings is 3. The average molecular weight is 629 g/mol. The van der Waals surface area contributed by atoms with Crippen LogP contribution >= 0.6 is 0 Å². The van der Waals surface area contributed by atoms with E-state index in [1.165, 1.54) is 5.56 Å². The van der Waals surface area contributed by atoms with Crippen LogP contribution in [0, 0.1) is 11.8 Å². The van der Waals surface area contributed by atoms with Crippen LogP contribution in [-0.4, -0.2) is 87.2 Å². The van der Waals surface area contributed by atoms with E-state index in [4.69, 9.17) is 4.74 Å². The van der Waals surface area contributed by atoms with Gasteiger partial charge in [-0.3, -0.25) is 4.90 Å². The number of carbonyl (C=O) groups excluding carboxylic acids is 1. The molecule has 1 fully saturated rings. The highest BCUT2D eigenvalue weighted by atomic mass is 16.6. The number of fused-ring (bicyclic) bond motifs is 2. The minimum absolute atomic E-state index is 0.240. The number of aromatic nitrogens is 4. The lowest BCUT2D eigenvalue weighted by atomic mass is 10.1. The summed E-state index contributed by atoms with van der Waals surface area (Å²) in [5.41, 5.74) is 4.23. The number of hydrogen-bond donors (Lipinski definition) is 2. The third kappa shape index (κ3) is 8.51. The van der Waals surface area contributed by atoms with E-state index in [1.807, 2.05) is 63.2 Å². The summed E-state index contributed by atoms with van der Waals surface area (Å²) in [5, 5.41) is 8.84. The third-order valence-corrected chi connectivity index (χ3v) is 7.92. The average Bonchev–Trinajstić information content (AvgIpc) is 3.07. The number of nitrogens with zero attached hydrogens (tertiary/aromatic N) is 6. The molecule has 240 valence electrons. The second-order valence-corrected chi connectivity index (χ2v) is 12.6. The molecule has 0 saturated carbocycles. The van der Waals surface area contributed by atoms with Crippen LogP contribution in [-0.2, 0) is 11.2 Å². The molecule has 10 nitrogen and oxygen atoms in total. The molecule has 1 aliphatic heterocycles. The lowest BCUT2D eigenvalue weighted by Crippen LogP contribution is -2.50. The maximum atomic E-state index is 12.3. The van der Waals surface area contributed by atoms with Gasteiger partial charge in [0.05, 0.1) is 11.0 Å². The van der Waals surface area contributed by atoms with Crippen LogP contribution < -0.4 is 10.6 Å². The molecule has 0 spiro atoms. The molecule has 0 bridgehead atoms. The zero-order valence-electron chi connectivity index (χ0n) is 27.2. The van der Waals surface area contributed by atoms with Crippen molar-refractivity contribution in [2.24, 2.45) is 0 Å². The van der Waals surface area contributed by atoms with Gasteiger partial charge in [0.15, 0.2) is 0 Å². The lowest BCUT2D eigenvalue weighted by Gasteiger charge is -2.35. The number of carbonyl (C=O) groups is 1. The molecule has 1 aliphatic rings. The van der Waals surface area contributed by atoms with Gasteiger partial charge in [0, 0.05) is 67.7 Å². The van der Waals surface area contributed by atoms with Crippen molar-refractivity contribution >= 4 is 39.5 Å². The van der Waals surface area contributed by atoms with E-state index in [9.17, 15) is 4.79 Å². The first kappa shape index (κ1) is 31.7. The normalized spacial score (nSPS) is 13.6. The molecule has 2 aromatic heterocycles. The lowest BCUT2D eigenvalue weighted by molar-refractivity contribution is 0.0148. The van der Waals surface area contributed by atoms with E-state index < -0.39 is 5.60 Å². The van der Waals surface area contributed by atoms with Crippen molar-refractivity contribution in [1.82, 2.24) is 29.7 Å². The molecule has 0 radical (unpaired) electrons. The predicted octanol–water partition coefficient (Wildman–Crippen LogP) is 5.59. The number of anilines is 2. The number of hydrogen-bond acceptors (Lipinski definition) is 9. The molecule has 5 aromatic rings. The number of piperazine rings is 1. The van der Waals surface area contributed by atoms with Gasteiger partial charge in [-0.05, 0) is 69.2 Å². The summed E-state index contributed by atoms with van der Waals surface area (Å²) in [5.74, 6) is 8.18. The van der Waals surface area contributed by atoms with E-state index in [1.54, 1.807) is 17.6 Å². The fourth-order valence-electron chi connectivity index (χ4n) is 5.48. The van der Waals surface area contributed by atoms with E-state index in [0.29, 0.717) is 13.1 Å². The Morgan fingerprint density at radius 1 is 0.766 bits per heavy atom. The summed E-state index contributed by atoms with van der Waals surface area (Å²) in [4.78, 5) is 34.4. The summed E-state index contributed by atoms with van der Waals surface area (Å²) < 4.78 is 5.51. The molecule has 10 heteroatoms. The molecule has 47 heavy (non-hydrogen) atoms. The van der Waals surface area contributed by atoms with Crippen molar-refractivity contribution in [1.29, 1.82) is 0 Å². The van der Waals surface area contributed by atoms with Gasteiger partial charge in [-0.25, -0.2) is 24.7 Å². The largest absolute Gasteiger partial charge is 0.444 e. The quantitative estimate of drug-likeness (QED) is 0.213. The van der Waals surface area contributed by atoms with Gasteiger partial charge in [0.2, 0.25) is 0 Å². The van der Waals surface area contributed by atoms with Crippen LogP contribution in [0.4, 0.5) is 16.4 Å². The minimum atomic E-state index is -0.481. The smallest absolute Gasteiger partial charge is 0.410 e. The van der Waals surface area contributed by atoms with E-state index in [0.717, 1.165) is 83.7 Å². The summed E-state index contributed by atoms with van der Waals surface area (Å²) in [6.07, 6.45) is 3.85. The summed E-state index contributed by atoms with van der Waals surface area (Å²) in [6.45, 7) is 11.0. The van der Waals surface area contributed by atoms with Crippen molar-refractivity contribution in [2.75, 3.05) is 56.4 Å². The summed E-state index contributed by atoms with van der Waals surface area (Å²) >= 11 is 0. The second-order valence-electron chi connectivity index (χ2n) is 12.6. The monoisotopic (exact) mass is 628 g/mol. The number of nitrogens with one attached hydrogen (secondary N) is 2. The number of rotatable bonds is 8. The van der Waals surface area contributed by atoms with Crippen LogP contribution in [0.1, 0.15) is 37.5 Å². The second kappa shape index (κ2) is 14.4. The SMILES string of the molecule is CC(C)(C)OC(=O)N1CCN(CCNc2ncnc3cc(C#Cc4ccc5c(NCCc6ccccc6)ncnc5c4)ccc23)CC1. The molecule has 0 unspecified atom stereocenters. The molecule has 1 amide bonds. The van der Waals surface area contributed by atoms with Crippen LogP contribution in [0.2, 0.25) is 0 Å². The number of amides is 1. The molecule has 3 heterocycles. The maximum Gasteiger partial charge on any atom is 0.410 e. The van der Waals surface area contributed by atoms with E-state index >= 15 is 0 Å². The Morgan fingerprint density at radius 3 is 1.91 bits per heavy atom. The zero-order valence-corrected chi connectivity index (χ0v) is 27.2. The van der Waals surface area contributed by atoms with Crippen LogP contribution in [0.5, 0.6) is 0 Å². The van der Waals surface area contributed by atoms with Crippen molar-refractivity contribution in [3.63, 3.8) is 0 Å². The molecule has 0 atom stereocenters. The Kier molecular flexibility index (Phi) is 9.74. The van der Waals surface area contributed by atoms with Gasteiger partial charge in [-0.15, -0.1) is 0 Å². The summed E-state index contributed by atoms with van der Waals surface area (Å²) in [7, 11) is 0. The first-order chi connectivity index (χ1) is 22.8. The maximum absolute atomic E-state index is 12.3. The van der Waals surface area contributed by atoms with Crippen molar-refractivity contribution in [3.05, 3.63) is 96.1 Å². The van der Waals surface area contributed by atoms with Gasteiger partial charge in [-0.1, -0.05) is 42.2 Å². The van der Waals surface area contributed by atoms with Gasteiger partial charge >= 0.3 is 6.09 Å². The Labute approximate surface area is 275 Å². The Morgan fingerprint density at radius 2 is 1.34 bits per heavy atom. The van der Waals surface area contributed by atoms with E-state index in [-0.39, 0.29) is 6.09 Å². The molecule has 1 saturated heterocycles. The molecule has 6 rings (SSSR count). The van der Waals surface area contributed by atoms with Gasteiger partial charge in [0.25, 0.3) is 0 Å². The zero-order chi connectivity index (χ0) is 32.6.